The minimum Gasteiger partial charge on any atom is -0.462 e. The standard InChI is InChI=1S/C20H21N3O4S2/c1-29(25,26)22-15-9-5-11-23(13-15)20(24)18-17(14-7-3-2-4-8-14)21-19(28-18)16-10-6-12-27-16/h2-4,6-8,10,12,15,22H,5,9,11,13H2,1H3/t15-/m0/s1. The summed E-state index contributed by atoms with van der Waals surface area (Å²) in [6, 6.07) is 12.9. The SMILES string of the molecule is CS(=O)(=O)N[C@H]1CCCN(C(=O)c2sc(-c3ccco3)nc2-c2ccccc2)C1. The number of hydrogen-bond acceptors (Lipinski definition) is 6. The maximum atomic E-state index is 13.4. The van der Waals surface area contributed by atoms with Gasteiger partial charge in [0, 0.05) is 24.7 Å². The molecule has 0 radical (unpaired) electrons. The molecule has 3 heterocycles. The lowest BCUT2D eigenvalue weighted by Crippen LogP contribution is -2.49. The van der Waals surface area contributed by atoms with E-state index in [-0.39, 0.29) is 11.9 Å². The molecule has 7 nitrogen and oxygen atoms in total. The molecule has 1 atom stereocenters. The fraction of sp³-hybridized carbons (Fsp3) is 0.300. The van der Waals surface area contributed by atoms with Gasteiger partial charge in [-0.25, -0.2) is 18.1 Å². The molecule has 1 N–H and O–H groups in total. The fourth-order valence-electron chi connectivity index (χ4n) is 3.47. The number of nitrogens with zero attached hydrogens (tertiary/aromatic N) is 2. The van der Waals surface area contributed by atoms with Crippen molar-refractivity contribution < 1.29 is 17.6 Å². The van der Waals surface area contributed by atoms with Crippen LogP contribution in [0.3, 0.4) is 0 Å². The zero-order chi connectivity index (χ0) is 20.4. The van der Waals surface area contributed by atoms with Gasteiger partial charge in [-0.15, -0.1) is 11.3 Å². The first-order valence-electron chi connectivity index (χ1n) is 9.27. The third-order valence-corrected chi connectivity index (χ3v) is 6.51. The summed E-state index contributed by atoms with van der Waals surface area (Å²) in [4.78, 5) is 20.3. The highest BCUT2D eigenvalue weighted by Crippen LogP contribution is 2.35. The number of furan rings is 1. The number of thiazole rings is 1. The van der Waals surface area contributed by atoms with E-state index in [1.54, 1.807) is 17.2 Å². The summed E-state index contributed by atoms with van der Waals surface area (Å²) in [5.41, 5.74) is 1.47. The zero-order valence-corrected chi connectivity index (χ0v) is 17.5. The van der Waals surface area contributed by atoms with Crippen LogP contribution in [0.15, 0.2) is 53.1 Å². The summed E-state index contributed by atoms with van der Waals surface area (Å²) in [6.45, 7) is 0.928. The Balaban J connectivity index is 1.67. The van der Waals surface area contributed by atoms with Crippen molar-refractivity contribution in [3.05, 3.63) is 53.6 Å². The van der Waals surface area contributed by atoms with Gasteiger partial charge >= 0.3 is 0 Å². The average molecular weight is 432 g/mol. The van der Waals surface area contributed by atoms with Crippen LogP contribution in [0.1, 0.15) is 22.5 Å². The summed E-state index contributed by atoms with van der Waals surface area (Å²) in [5, 5.41) is 0.639. The molecular weight excluding hydrogens is 410 g/mol. The van der Waals surface area contributed by atoms with E-state index in [4.69, 9.17) is 4.42 Å². The van der Waals surface area contributed by atoms with Crippen LogP contribution in [0.2, 0.25) is 0 Å². The van der Waals surface area contributed by atoms with Gasteiger partial charge in [0.05, 0.1) is 18.2 Å². The topological polar surface area (TPSA) is 92.5 Å². The molecule has 0 aliphatic carbocycles. The van der Waals surface area contributed by atoms with Crippen molar-refractivity contribution in [1.82, 2.24) is 14.6 Å². The van der Waals surface area contributed by atoms with Gasteiger partial charge in [0.1, 0.15) is 4.88 Å². The minimum atomic E-state index is -3.32. The monoisotopic (exact) mass is 431 g/mol. The van der Waals surface area contributed by atoms with Crippen LogP contribution >= 0.6 is 11.3 Å². The number of hydrogen-bond donors (Lipinski definition) is 1. The molecule has 1 saturated heterocycles. The number of aromatic nitrogens is 1. The third kappa shape index (κ3) is 4.58. The number of piperidine rings is 1. The van der Waals surface area contributed by atoms with Gasteiger partial charge in [0.2, 0.25) is 10.0 Å². The van der Waals surface area contributed by atoms with E-state index in [9.17, 15) is 13.2 Å². The van der Waals surface area contributed by atoms with Gasteiger partial charge in [-0.3, -0.25) is 4.79 Å². The molecule has 0 unspecified atom stereocenters. The number of benzene rings is 1. The summed E-state index contributed by atoms with van der Waals surface area (Å²) in [7, 11) is -3.32. The molecule has 152 valence electrons. The molecule has 29 heavy (non-hydrogen) atoms. The fourth-order valence-corrected chi connectivity index (χ4v) is 5.29. The second-order valence-electron chi connectivity index (χ2n) is 7.02. The number of nitrogens with one attached hydrogen (secondary N) is 1. The molecule has 3 aromatic rings. The minimum absolute atomic E-state index is 0.140. The van der Waals surface area contributed by atoms with Crippen LogP contribution < -0.4 is 4.72 Å². The summed E-state index contributed by atoms with van der Waals surface area (Å²) < 4.78 is 31.3. The quantitative estimate of drug-likeness (QED) is 0.670. The molecular formula is C20H21N3O4S2. The lowest BCUT2D eigenvalue weighted by atomic mass is 10.1. The van der Waals surface area contributed by atoms with Crippen LogP contribution in [-0.2, 0) is 10.0 Å². The number of carbonyl (C=O) groups is 1. The smallest absolute Gasteiger partial charge is 0.266 e. The average Bonchev–Trinajstić information content (AvgIpc) is 3.37. The second-order valence-corrected chi connectivity index (χ2v) is 9.80. The van der Waals surface area contributed by atoms with Crippen LogP contribution in [-0.4, -0.2) is 49.6 Å². The van der Waals surface area contributed by atoms with E-state index in [1.165, 1.54) is 11.3 Å². The molecule has 1 amide bonds. The van der Waals surface area contributed by atoms with Crippen molar-refractivity contribution >= 4 is 27.3 Å². The molecule has 4 rings (SSSR count). The largest absolute Gasteiger partial charge is 0.462 e. The molecule has 1 aromatic carbocycles. The Morgan fingerprint density at radius 2 is 2.03 bits per heavy atom. The van der Waals surface area contributed by atoms with Gasteiger partial charge in [-0.05, 0) is 25.0 Å². The summed E-state index contributed by atoms with van der Waals surface area (Å²) in [5.74, 6) is 0.473. The van der Waals surface area contributed by atoms with Crippen molar-refractivity contribution in [3.63, 3.8) is 0 Å². The Hall–Kier alpha value is -2.49. The highest BCUT2D eigenvalue weighted by molar-refractivity contribution is 7.88. The first kappa shape index (κ1) is 19.8. The molecule has 1 fully saturated rings. The van der Waals surface area contributed by atoms with Crippen molar-refractivity contribution in [3.8, 4) is 22.0 Å². The van der Waals surface area contributed by atoms with E-state index < -0.39 is 10.0 Å². The number of sulfonamides is 1. The van der Waals surface area contributed by atoms with Crippen LogP contribution in [0.25, 0.3) is 22.0 Å². The summed E-state index contributed by atoms with van der Waals surface area (Å²) in [6.07, 6.45) is 4.17. The first-order valence-corrected chi connectivity index (χ1v) is 12.0. The van der Waals surface area contributed by atoms with Crippen LogP contribution in [0.5, 0.6) is 0 Å². The van der Waals surface area contributed by atoms with Gasteiger partial charge in [0.15, 0.2) is 10.8 Å². The maximum Gasteiger partial charge on any atom is 0.266 e. The molecule has 9 heteroatoms. The molecule has 2 aromatic heterocycles. The van der Waals surface area contributed by atoms with Crippen molar-refractivity contribution in [2.45, 2.75) is 18.9 Å². The molecule has 0 spiro atoms. The Morgan fingerprint density at radius 1 is 1.24 bits per heavy atom. The lowest BCUT2D eigenvalue weighted by Gasteiger charge is -2.32. The first-order chi connectivity index (χ1) is 13.9. The number of carbonyl (C=O) groups excluding carboxylic acids is 1. The van der Waals surface area contributed by atoms with Crippen molar-refractivity contribution in [1.29, 1.82) is 0 Å². The predicted octanol–water partition coefficient (Wildman–Crippen LogP) is 3.22. The van der Waals surface area contributed by atoms with E-state index in [2.05, 4.69) is 9.71 Å². The van der Waals surface area contributed by atoms with Crippen molar-refractivity contribution in [2.24, 2.45) is 0 Å². The number of amides is 1. The van der Waals surface area contributed by atoms with Crippen molar-refractivity contribution in [2.75, 3.05) is 19.3 Å². The Labute approximate surface area is 173 Å². The number of rotatable bonds is 5. The third-order valence-electron chi connectivity index (χ3n) is 4.69. The van der Waals surface area contributed by atoms with E-state index in [0.29, 0.717) is 40.8 Å². The molecule has 0 saturated carbocycles. The molecule has 0 bridgehead atoms. The normalized spacial score (nSPS) is 17.4. The van der Waals surface area contributed by atoms with E-state index in [0.717, 1.165) is 18.2 Å². The Morgan fingerprint density at radius 3 is 2.72 bits per heavy atom. The highest BCUT2D eigenvalue weighted by Gasteiger charge is 2.30. The zero-order valence-electron chi connectivity index (χ0n) is 15.9. The van der Waals surface area contributed by atoms with Gasteiger partial charge in [-0.2, -0.15) is 0 Å². The predicted molar refractivity (Wildman–Crippen MR) is 112 cm³/mol. The van der Waals surface area contributed by atoms with E-state index >= 15 is 0 Å². The van der Waals surface area contributed by atoms with Crippen LogP contribution in [0, 0.1) is 0 Å². The molecule has 1 aliphatic heterocycles. The van der Waals surface area contributed by atoms with Gasteiger partial charge in [0.25, 0.3) is 5.91 Å². The maximum absolute atomic E-state index is 13.4. The highest BCUT2D eigenvalue weighted by atomic mass is 32.2. The van der Waals surface area contributed by atoms with Crippen LogP contribution in [0.4, 0.5) is 0 Å². The summed E-state index contributed by atoms with van der Waals surface area (Å²) >= 11 is 1.29. The van der Waals surface area contributed by atoms with Gasteiger partial charge < -0.3 is 9.32 Å². The number of likely N-dealkylation sites (tertiary alicyclic amines) is 1. The lowest BCUT2D eigenvalue weighted by molar-refractivity contribution is 0.0708. The van der Waals surface area contributed by atoms with E-state index in [1.807, 2.05) is 36.4 Å². The second kappa shape index (κ2) is 8.10. The Bertz CT molecular complexity index is 1090. The van der Waals surface area contributed by atoms with Gasteiger partial charge in [-0.1, -0.05) is 30.3 Å². The molecule has 1 aliphatic rings. The Kier molecular flexibility index (Phi) is 5.53.